The molecule has 0 aromatic heterocycles. The normalized spacial score (nSPS) is 13.0. The molecule has 0 saturated carbocycles. The lowest BCUT2D eigenvalue weighted by Gasteiger charge is -2.22. The Bertz CT molecular complexity index is 530. The molecule has 108 valence electrons. The van der Waals surface area contributed by atoms with Crippen molar-refractivity contribution in [1.29, 1.82) is 0 Å². The van der Waals surface area contributed by atoms with E-state index in [4.69, 9.17) is 4.74 Å². The molecule has 2 aromatic rings. The van der Waals surface area contributed by atoms with Crippen LogP contribution in [0.3, 0.4) is 0 Å². The van der Waals surface area contributed by atoms with Crippen LogP contribution in [-0.2, 0) is 4.74 Å². The van der Waals surface area contributed by atoms with Crippen molar-refractivity contribution >= 4 is 10.8 Å². The zero-order chi connectivity index (χ0) is 14.4. The van der Waals surface area contributed by atoms with Crippen LogP contribution in [0.5, 0.6) is 0 Å². The number of rotatable bonds is 7. The molecular formula is C18H25NO. The summed E-state index contributed by atoms with van der Waals surface area (Å²) in [5.74, 6) is 0. The Morgan fingerprint density at radius 2 is 1.80 bits per heavy atom. The number of ether oxygens (including phenoxy) is 1. The highest BCUT2D eigenvalue weighted by atomic mass is 16.5. The number of fused-ring (bicyclic) bond motifs is 1. The number of hydrogen-bond acceptors (Lipinski definition) is 2. The Balaban J connectivity index is 2.29. The Kier molecular flexibility index (Phi) is 5.57. The highest BCUT2D eigenvalue weighted by molar-refractivity contribution is 5.86. The SMILES string of the molecule is CCCNC(COC(C)C)c1cccc2ccccc12. The molecule has 1 unspecified atom stereocenters. The molecule has 0 bridgehead atoms. The molecule has 0 fully saturated rings. The van der Waals surface area contributed by atoms with Crippen LogP contribution in [0.2, 0.25) is 0 Å². The van der Waals surface area contributed by atoms with Crippen LogP contribution in [0.15, 0.2) is 42.5 Å². The molecule has 2 rings (SSSR count). The standard InChI is InChI=1S/C18H25NO/c1-4-12-19-18(13-20-14(2)3)17-11-7-9-15-8-5-6-10-16(15)17/h5-11,14,18-19H,4,12-13H2,1-3H3. The molecule has 0 aliphatic carbocycles. The summed E-state index contributed by atoms with van der Waals surface area (Å²) in [6.45, 7) is 8.08. The predicted molar refractivity (Wildman–Crippen MR) is 86.1 cm³/mol. The number of nitrogens with one attached hydrogen (secondary N) is 1. The van der Waals surface area contributed by atoms with Gasteiger partial charge in [-0.15, -0.1) is 0 Å². The van der Waals surface area contributed by atoms with E-state index in [0.29, 0.717) is 6.61 Å². The van der Waals surface area contributed by atoms with Gasteiger partial charge in [-0.05, 0) is 43.1 Å². The van der Waals surface area contributed by atoms with E-state index < -0.39 is 0 Å². The van der Waals surface area contributed by atoms with Crippen molar-refractivity contribution in [3.05, 3.63) is 48.0 Å². The Hall–Kier alpha value is -1.38. The second-order valence-electron chi connectivity index (χ2n) is 5.46. The molecule has 1 N–H and O–H groups in total. The minimum Gasteiger partial charge on any atom is -0.377 e. The maximum atomic E-state index is 5.84. The first-order chi connectivity index (χ1) is 9.72. The van der Waals surface area contributed by atoms with Gasteiger partial charge < -0.3 is 10.1 Å². The lowest BCUT2D eigenvalue weighted by Crippen LogP contribution is -2.27. The molecule has 0 heterocycles. The molecule has 1 atom stereocenters. The van der Waals surface area contributed by atoms with E-state index >= 15 is 0 Å². The highest BCUT2D eigenvalue weighted by Crippen LogP contribution is 2.24. The minimum absolute atomic E-state index is 0.253. The fraction of sp³-hybridized carbons (Fsp3) is 0.444. The van der Waals surface area contributed by atoms with E-state index in [2.05, 4.69) is 68.6 Å². The van der Waals surface area contributed by atoms with Gasteiger partial charge in [-0.2, -0.15) is 0 Å². The molecule has 0 saturated heterocycles. The van der Waals surface area contributed by atoms with Crippen molar-refractivity contribution in [2.24, 2.45) is 0 Å². The summed E-state index contributed by atoms with van der Waals surface area (Å²) in [5, 5.41) is 6.21. The average Bonchev–Trinajstić information content (AvgIpc) is 2.47. The smallest absolute Gasteiger partial charge is 0.0665 e. The fourth-order valence-electron chi connectivity index (χ4n) is 2.42. The van der Waals surface area contributed by atoms with E-state index in [-0.39, 0.29) is 12.1 Å². The third-order valence-corrected chi connectivity index (χ3v) is 3.44. The first kappa shape index (κ1) is 15.0. The van der Waals surface area contributed by atoms with Crippen LogP contribution in [0.4, 0.5) is 0 Å². The lowest BCUT2D eigenvalue weighted by atomic mass is 9.99. The van der Waals surface area contributed by atoms with E-state index in [9.17, 15) is 0 Å². The van der Waals surface area contributed by atoms with Crippen molar-refractivity contribution in [2.75, 3.05) is 13.2 Å². The van der Waals surface area contributed by atoms with Crippen molar-refractivity contribution in [3.63, 3.8) is 0 Å². The fourth-order valence-corrected chi connectivity index (χ4v) is 2.42. The van der Waals surface area contributed by atoms with Crippen LogP contribution in [0.25, 0.3) is 10.8 Å². The molecule has 0 aliphatic heterocycles. The number of hydrogen-bond donors (Lipinski definition) is 1. The largest absolute Gasteiger partial charge is 0.377 e. The quantitative estimate of drug-likeness (QED) is 0.810. The van der Waals surface area contributed by atoms with Gasteiger partial charge in [0.25, 0.3) is 0 Å². The third-order valence-electron chi connectivity index (χ3n) is 3.44. The van der Waals surface area contributed by atoms with Gasteiger partial charge in [0, 0.05) is 0 Å². The van der Waals surface area contributed by atoms with Gasteiger partial charge >= 0.3 is 0 Å². The summed E-state index contributed by atoms with van der Waals surface area (Å²) in [7, 11) is 0. The monoisotopic (exact) mass is 271 g/mol. The molecule has 2 aromatic carbocycles. The summed E-state index contributed by atoms with van der Waals surface area (Å²) in [4.78, 5) is 0. The first-order valence-electron chi connectivity index (χ1n) is 7.55. The van der Waals surface area contributed by atoms with E-state index in [1.54, 1.807) is 0 Å². The summed E-state index contributed by atoms with van der Waals surface area (Å²) >= 11 is 0. The predicted octanol–water partition coefficient (Wildman–Crippen LogP) is 4.31. The molecule has 0 radical (unpaired) electrons. The van der Waals surface area contributed by atoms with E-state index in [1.165, 1.54) is 16.3 Å². The average molecular weight is 271 g/mol. The molecule has 0 aliphatic rings. The second-order valence-corrected chi connectivity index (χ2v) is 5.46. The maximum absolute atomic E-state index is 5.84. The summed E-state index contributed by atoms with van der Waals surface area (Å²) < 4.78 is 5.84. The van der Waals surface area contributed by atoms with E-state index in [0.717, 1.165) is 13.0 Å². The second kappa shape index (κ2) is 7.41. The van der Waals surface area contributed by atoms with Crippen molar-refractivity contribution in [2.45, 2.75) is 39.3 Å². The van der Waals surface area contributed by atoms with Crippen LogP contribution in [0.1, 0.15) is 38.8 Å². The third kappa shape index (κ3) is 3.81. The van der Waals surface area contributed by atoms with Crippen molar-refractivity contribution in [1.82, 2.24) is 5.32 Å². The molecule has 2 heteroatoms. The minimum atomic E-state index is 0.253. The topological polar surface area (TPSA) is 21.3 Å². The zero-order valence-electron chi connectivity index (χ0n) is 12.7. The van der Waals surface area contributed by atoms with Gasteiger partial charge in [0.15, 0.2) is 0 Å². The Morgan fingerprint density at radius 1 is 1.05 bits per heavy atom. The van der Waals surface area contributed by atoms with Gasteiger partial charge in [0.1, 0.15) is 0 Å². The zero-order valence-corrected chi connectivity index (χ0v) is 12.7. The van der Waals surface area contributed by atoms with Gasteiger partial charge in [0.2, 0.25) is 0 Å². The van der Waals surface area contributed by atoms with E-state index in [1.807, 2.05) is 0 Å². The molecule has 20 heavy (non-hydrogen) atoms. The molecule has 0 amide bonds. The molecular weight excluding hydrogens is 246 g/mol. The van der Waals surface area contributed by atoms with Crippen molar-refractivity contribution < 1.29 is 4.74 Å². The van der Waals surface area contributed by atoms with Crippen LogP contribution in [0, 0.1) is 0 Å². The number of benzene rings is 2. The summed E-state index contributed by atoms with van der Waals surface area (Å²) in [5.41, 5.74) is 1.33. The maximum Gasteiger partial charge on any atom is 0.0665 e. The van der Waals surface area contributed by atoms with Crippen LogP contribution < -0.4 is 5.32 Å². The van der Waals surface area contributed by atoms with Gasteiger partial charge in [-0.1, -0.05) is 49.4 Å². The Morgan fingerprint density at radius 3 is 2.55 bits per heavy atom. The van der Waals surface area contributed by atoms with Gasteiger partial charge in [-0.3, -0.25) is 0 Å². The van der Waals surface area contributed by atoms with Crippen LogP contribution >= 0.6 is 0 Å². The first-order valence-corrected chi connectivity index (χ1v) is 7.55. The summed E-state index contributed by atoms with van der Waals surface area (Å²) in [6.07, 6.45) is 1.39. The van der Waals surface area contributed by atoms with Crippen LogP contribution in [-0.4, -0.2) is 19.3 Å². The lowest BCUT2D eigenvalue weighted by molar-refractivity contribution is 0.0614. The Labute approximate surface area is 122 Å². The molecule has 2 nitrogen and oxygen atoms in total. The summed E-state index contributed by atoms with van der Waals surface area (Å²) in [6, 6.07) is 15.3. The van der Waals surface area contributed by atoms with Gasteiger partial charge in [0.05, 0.1) is 18.8 Å². The highest BCUT2D eigenvalue weighted by Gasteiger charge is 2.14. The van der Waals surface area contributed by atoms with Gasteiger partial charge in [-0.25, -0.2) is 0 Å². The van der Waals surface area contributed by atoms with Crippen molar-refractivity contribution in [3.8, 4) is 0 Å². The molecule has 0 spiro atoms.